The maximum Gasteiger partial charge on any atom is 0.243 e. The summed E-state index contributed by atoms with van der Waals surface area (Å²) in [5, 5.41) is 12.3. The summed E-state index contributed by atoms with van der Waals surface area (Å²) in [6, 6.07) is 8.58. The molecule has 5 nitrogen and oxygen atoms in total. The van der Waals surface area contributed by atoms with Gasteiger partial charge in [0.1, 0.15) is 0 Å². The number of sulfonamides is 1. The molecule has 1 aliphatic carbocycles. The van der Waals surface area contributed by atoms with Crippen LogP contribution in [0.2, 0.25) is 0 Å². The Morgan fingerprint density at radius 2 is 1.77 bits per heavy atom. The van der Waals surface area contributed by atoms with Gasteiger partial charge >= 0.3 is 0 Å². The van der Waals surface area contributed by atoms with Crippen LogP contribution in [0.3, 0.4) is 0 Å². The van der Waals surface area contributed by atoms with Crippen LogP contribution in [0.4, 0.5) is 0 Å². The van der Waals surface area contributed by atoms with E-state index in [1.54, 1.807) is 16.4 Å². The van der Waals surface area contributed by atoms with Gasteiger partial charge in [-0.05, 0) is 62.4 Å². The first kappa shape index (κ1) is 15.5. The number of nitriles is 1. The third kappa shape index (κ3) is 3.49. The van der Waals surface area contributed by atoms with Crippen molar-refractivity contribution in [3.8, 4) is 6.07 Å². The predicted octanol–water partition coefficient (Wildman–Crippen LogP) is 1.71. The Labute approximate surface area is 132 Å². The molecule has 0 radical (unpaired) electrons. The van der Waals surface area contributed by atoms with Gasteiger partial charge in [0.25, 0.3) is 0 Å². The van der Waals surface area contributed by atoms with Crippen LogP contribution in [0.5, 0.6) is 0 Å². The Kier molecular flexibility index (Phi) is 4.48. The van der Waals surface area contributed by atoms with Gasteiger partial charge in [0.15, 0.2) is 0 Å². The maximum absolute atomic E-state index is 12.6. The zero-order chi connectivity index (χ0) is 15.6. The molecule has 22 heavy (non-hydrogen) atoms. The molecule has 1 heterocycles. The zero-order valence-electron chi connectivity index (χ0n) is 12.5. The maximum atomic E-state index is 12.6. The number of nitrogens with zero attached hydrogens (tertiary/aromatic N) is 2. The molecule has 118 valence electrons. The number of hydrogen-bond acceptors (Lipinski definition) is 4. The van der Waals surface area contributed by atoms with Crippen LogP contribution >= 0.6 is 0 Å². The van der Waals surface area contributed by atoms with E-state index in [1.165, 1.54) is 25.0 Å². The van der Waals surface area contributed by atoms with Gasteiger partial charge in [0.05, 0.1) is 16.5 Å². The summed E-state index contributed by atoms with van der Waals surface area (Å²) in [6.45, 7) is 2.20. The van der Waals surface area contributed by atoms with Crippen molar-refractivity contribution in [2.75, 3.05) is 19.6 Å². The van der Waals surface area contributed by atoms with Crippen LogP contribution in [-0.2, 0) is 10.0 Å². The molecule has 0 aromatic heterocycles. The summed E-state index contributed by atoms with van der Waals surface area (Å²) in [6.07, 6.45) is 4.39. The molecule has 0 unspecified atom stereocenters. The summed E-state index contributed by atoms with van der Waals surface area (Å²) in [5.41, 5.74) is 0.474. The van der Waals surface area contributed by atoms with E-state index in [4.69, 9.17) is 5.26 Å². The molecule has 1 aromatic carbocycles. The van der Waals surface area contributed by atoms with Crippen LogP contribution in [0, 0.1) is 17.2 Å². The molecule has 0 atom stereocenters. The largest absolute Gasteiger partial charge is 0.314 e. The van der Waals surface area contributed by atoms with Gasteiger partial charge in [-0.3, -0.25) is 0 Å². The highest BCUT2D eigenvalue weighted by atomic mass is 32.2. The van der Waals surface area contributed by atoms with E-state index in [-0.39, 0.29) is 4.90 Å². The van der Waals surface area contributed by atoms with Crippen molar-refractivity contribution in [1.29, 1.82) is 5.26 Å². The van der Waals surface area contributed by atoms with E-state index in [0.29, 0.717) is 24.7 Å². The average Bonchev–Trinajstić information content (AvgIpc) is 3.38. The zero-order valence-corrected chi connectivity index (χ0v) is 13.3. The van der Waals surface area contributed by atoms with Crippen molar-refractivity contribution in [2.45, 2.75) is 36.6 Å². The normalized spacial score (nSPS) is 20.7. The standard InChI is InChI=1S/C16H21N3O2S/c17-11-13-3-5-16(6-4-13)22(20,21)19-9-7-15(8-10-19)18-12-14-1-2-14/h3-6,14-15,18H,1-2,7-10,12H2. The lowest BCUT2D eigenvalue weighted by atomic mass is 10.1. The van der Waals surface area contributed by atoms with E-state index < -0.39 is 10.0 Å². The summed E-state index contributed by atoms with van der Waals surface area (Å²) in [7, 11) is -3.43. The second-order valence-corrected chi connectivity index (χ2v) is 8.10. The number of hydrogen-bond donors (Lipinski definition) is 1. The molecule has 0 spiro atoms. The molecular weight excluding hydrogens is 298 g/mol. The third-order valence-corrected chi connectivity index (χ3v) is 6.38. The molecule has 0 amide bonds. The van der Waals surface area contributed by atoms with E-state index in [2.05, 4.69) is 5.32 Å². The van der Waals surface area contributed by atoms with Gasteiger partial charge in [-0.1, -0.05) is 0 Å². The van der Waals surface area contributed by atoms with E-state index in [1.807, 2.05) is 6.07 Å². The lowest BCUT2D eigenvalue weighted by molar-refractivity contribution is 0.288. The molecule has 0 bridgehead atoms. The molecule has 1 N–H and O–H groups in total. The highest BCUT2D eigenvalue weighted by Gasteiger charge is 2.30. The molecule has 6 heteroatoms. The Balaban J connectivity index is 1.59. The van der Waals surface area contributed by atoms with Crippen molar-refractivity contribution in [3.05, 3.63) is 29.8 Å². The molecule has 1 aliphatic heterocycles. The Morgan fingerprint density at radius 3 is 2.32 bits per heavy atom. The fourth-order valence-electron chi connectivity index (χ4n) is 2.81. The molecule has 1 saturated carbocycles. The first-order valence-electron chi connectivity index (χ1n) is 7.83. The summed E-state index contributed by atoms with van der Waals surface area (Å²) in [5.74, 6) is 0.848. The van der Waals surface area contributed by atoms with Gasteiger partial charge in [-0.2, -0.15) is 9.57 Å². The Bertz CT molecular complexity index is 652. The number of piperidine rings is 1. The van der Waals surface area contributed by atoms with Crippen LogP contribution in [-0.4, -0.2) is 38.4 Å². The minimum atomic E-state index is -3.43. The smallest absolute Gasteiger partial charge is 0.243 e. The fraction of sp³-hybridized carbons (Fsp3) is 0.562. The first-order chi connectivity index (χ1) is 10.6. The number of nitrogens with one attached hydrogen (secondary N) is 1. The second kappa shape index (κ2) is 6.37. The molecule has 2 fully saturated rings. The summed E-state index contributed by atoms with van der Waals surface area (Å²) in [4.78, 5) is 0.274. The van der Waals surface area contributed by atoms with Gasteiger partial charge in [0.2, 0.25) is 10.0 Å². The Hall–Kier alpha value is -1.42. The SMILES string of the molecule is N#Cc1ccc(S(=O)(=O)N2CCC(NCC3CC3)CC2)cc1. The molecule has 1 aromatic rings. The second-order valence-electron chi connectivity index (χ2n) is 6.17. The molecule has 2 aliphatic rings. The van der Waals surface area contributed by atoms with Crippen molar-refractivity contribution in [1.82, 2.24) is 9.62 Å². The van der Waals surface area contributed by atoms with Gasteiger partial charge in [0, 0.05) is 19.1 Å². The average molecular weight is 319 g/mol. The first-order valence-corrected chi connectivity index (χ1v) is 9.27. The van der Waals surface area contributed by atoms with Crippen molar-refractivity contribution < 1.29 is 8.42 Å². The minimum Gasteiger partial charge on any atom is -0.314 e. The van der Waals surface area contributed by atoms with Gasteiger partial charge < -0.3 is 5.32 Å². The van der Waals surface area contributed by atoms with Crippen molar-refractivity contribution >= 4 is 10.0 Å². The molecular formula is C16H21N3O2S. The van der Waals surface area contributed by atoms with Crippen LogP contribution in [0.15, 0.2) is 29.2 Å². The monoisotopic (exact) mass is 319 g/mol. The lowest BCUT2D eigenvalue weighted by Gasteiger charge is -2.31. The number of rotatable bonds is 5. The topological polar surface area (TPSA) is 73.2 Å². The van der Waals surface area contributed by atoms with E-state index in [0.717, 1.165) is 25.3 Å². The van der Waals surface area contributed by atoms with Crippen LogP contribution in [0.1, 0.15) is 31.2 Å². The lowest BCUT2D eigenvalue weighted by Crippen LogP contribution is -2.45. The molecule has 3 rings (SSSR count). The van der Waals surface area contributed by atoms with Gasteiger partial charge in [-0.15, -0.1) is 0 Å². The highest BCUT2D eigenvalue weighted by molar-refractivity contribution is 7.89. The summed E-state index contributed by atoms with van der Waals surface area (Å²) >= 11 is 0. The van der Waals surface area contributed by atoms with E-state index >= 15 is 0 Å². The van der Waals surface area contributed by atoms with Crippen LogP contribution < -0.4 is 5.32 Å². The summed E-state index contributed by atoms with van der Waals surface area (Å²) < 4.78 is 26.7. The Morgan fingerprint density at radius 1 is 1.14 bits per heavy atom. The van der Waals surface area contributed by atoms with Crippen LogP contribution in [0.25, 0.3) is 0 Å². The van der Waals surface area contributed by atoms with Crippen molar-refractivity contribution in [2.24, 2.45) is 5.92 Å². The quantitative estimate of drug-likeness (QED) is 0.897. The fourth-order valence-corrected chi connectivity index (χ4v) is 4.28. The van der Waals surface area contributed by atoms with E-state index in [9.17, 15) is 8.42 Å². The van der Waals surface area contributed by atoms with Crippen molar-refractivity contribution in [3.63, 3.8) is 0 Å². The third-order valence-electron chi connectivity index (χ3n) is 4.47. The highest BCUT2D eigenvalue weighted by Crippen LogP contribution is 2.28. The van der Waals surface area contributed by atoms with Gasteiger partial charge in [-0.25, -0.2) is 8.42 Å². The molecule has 1 saturated heterocycles. The predicted molar refractivity (Wildman–Crippen MR) is 83.7 cm³/mol. The minimum absolute atomic E-state index is 0.274. The number of benzene rings is 1.